The molecule has 5 nitrogen and oxygen atoms in total. The van der Waals surface area contributed by atoms with Crippen molar-refractivity contribution >= 4 is 43.8 Å². The Kier molecular flexibility index (Phi) is 6.77. The summed E-state index contributed by atoms with van der Waals surface area (Å²) in [5, 5.41) is 2.41. The average molecular weight is 450 g/mol. The smallest absolute Gasteiger partial charge is 0.266 e. The lowest BCUT2D eigenvalue weighted by molar-refractivity contribution is 0.250. The fourth-order valence-corrected chi connectivity index (χ4v) is 5.36. The second-order valence-electron chi connectivity index (χ2n) is 7.03. The maximum absolute atomic E-state index is 14.5. The third kappa shape index (κ3) is 5.12. The summed E-state index contributed by atoms with van der Waals surface area (Å²) in [6.45, 7) is 2.77. The summed E-state index contributed by atoms with van der Waals surface area (Å²) in [4.78, 5) is 2.96. The molecule has 0 aliphatic heterocycles. The van der Waals surface area contributed by atoms with Gasteiger partial charge in [-0.05, 0) is 30.4 Å². The van der Waals surface area contributed by atoms with Crippen LogP contribution in [-0.2, 0) is 10.0 Å². The minimum absolute atomic E-state index is 0.102. The van der Waals surface area contributed by atoms with Crippen LogP contribution in [0.3, 0.4) is 0 Å². The number of anilines is 2. The third-order valence-electron chi connectivity index (χ3n) is 5.06. The molecule has 1 heterocycles. The fraction of sp³-hybridized carbons (Fsp3) is 0.500. The lowest BCUT2D eigenvalue weighted by atomic mass is 9.78. The molecule has 1 aromatic carbocycles. The minimum atomic E-state index is -4.27. The van der Waals surface area contributed by atoms with Gasteiger partial charge in [0.05, 0.1) is 16.9 Å². The van der Waals surface area contributed by atoms with Gasteiger partial charge in [0.1, 0.15) is 10.7 Å². The van der Waals surface area contributed by atoms with Crippen LogP contribution in [0.1, 0.15) is 39.0 Å². The standard InChI is InChI=1S/C18H22ClF2N3O2S2/c1-2-11(6-12-4-3-5-12)9-22-15-8-14(20)16(7-13(15)19)28(25,26)24-18-23-10-17(21)27-18/h7-8,10-12,22H,2-6,9H2,1H3,(H,23,24)/t11-/m0/s1. The lowest BCUT2D eigenvalue weighted by Gasteiger charge is -2.29. The maximum atomic E-state index is 14.5. The number of nitrogens with zero attached hydrogens (tertiary/aromatic N) is 1. The molecule has 154 valence electrons. The Morgan fingerprint density at radius 2 is 2.11 bits per heavy atom. The number of rotatable bonds is 9. The first-order valence-electron chi connectivity index (χ1n) is 9.15. The maximum Gasteiger partial charge on any atom is 0.266 e. The number of benzene rings is 1. The Hall–Kier alpha value is -1.45. The SMILES string of the molecule is CC[C@H](CNc1cc(F)c(S(=O)(=O)Nc2ncc(F)s2)cc1Cl)CC1CCC1. The number of nitrogens with one attached hydrogen (secondary N) is 2. The van der Waals surface area contributed by atoms with Crippen molar-refractivity contribution < 1.29 is 17.2 Å². The molecule has 0 unspecified atom stereocenters. The molecule has 1 aliphatic rings. The highest BCUT2D eigenvalue weighted by molar-refractivity contribution is 7.93. The van der Waals surface area contributed by atoms with Crippen molar-refractivity contribution in [3.8, 4) is 0 Å². The van der Waals surface area contributed by atoms with Gasteiger partial charge in [0.15, 0.2) is 10.3 Å². The first-order valence-corrected chi connectivity index (χ1v) is 11.8. The summed E-state index contributed by atoms with van der Waals surface area (Å²) in [5.74, 6) is 0.283. The van der Waals surface area contributed by atoms with Gasteiger partial charge in [-0.3, -0.25) is 4.72 Å². The van der Waals surface area contributed by atoms with Crippen molar-refractivity contribution in [3.05, 3.63) is 34.3 Å². The van der Waals surface area contributed by atoms with E-state index in [2.05, 4.69) is 21.9 Å². The van der Waals surface area contributed by atoms with Gasteiger partial charge in [-0.2, -0.15) is 4.39 Å². The molecule has 28 heavy (non-hydrogen) atoms. The average Bonchev–Trinajstić information content (AvgIpc) is 2.99. The first kappa shape index (κ1) is 21.3. The quantitative estimate of drug-likeness (QED) is 0.530. The van der Waals surface area contributed by atoms with Gasteiger partial charge in [-0.15, -0.1) is 0 Å². The van der Waals surface area contributed by atoms with Gasteiger partial charge in [0, 0.05) is 6.54 Å². The lowest BCUT2D eigenvalue weighted by Crippen LogP contribution is -2.21. The topological polar surface area (TPSA) is 71.1 Å². The summed E-state index contributed by atoms with van der Waals surface area (Å²) >= 11 is 6.70. The van der Waals surface area contributed by atoms with E-state index in [1.54, 1.807) is 0 Å². The molecule has 0 radical (unpaired) electrons. The van der Waals surface area contributed by atoms with Crippen LogP contribution >= 0.6 is 22.9 Å². The van der Waals surface area contributed by atoms with Crippen molar-refractivity contribution in [1.82, 2.24) is 4.98 Å². The predicted octanol–water partition coefficient (Wildman–Crippen LogP) is 5.50. The second-order valence-corrected chi connectivity index (χ2v) is 10.1. The van der Waals surface area contributed by atoms with Gasteiger partial charge in [-0.25, -0.2) is 17.8 Å². The number of halogens is 3. The zero-order chi connectivity index (χ0) is 20.3. The molecule has 1 aliphatic carbocycles. The Labute approximate surface area is 172 Å². The zero-order valence-electron chi connectivity index (χ0n) is 15.3. The summed E-state index contributed by atoms with van der Waals surface area (Å²) in [5.41, 5.74) is 0.352. The van der Waals surface area contributed by atoms with Crippen LogP contribution < -0.4 is 10.0 Å². The van der Waals surface area contributed by atoms with Gasteiger partial charge in [-0.1, -0.05) is 55.5 Å². The zero-order valence-corrected chi connectivity index (χ0v) is 17.7. The molecule has 0 amide bonds. The molecule has 1 aromatic heterocycles. The van der Waals surface area contributed by atoms with E-state index in [1.807, 2.05) is 0 Å². The Morgan fingerprint density at radius 3 is 2.68 bits per heavy atom. The first-order chi connectivity index (χ1) is 13.3. The molecule has 10 heteroatoms. The minimum Gasteiger partial charge on any atom is -0.383 e. The van der Waals surface area contributed by atoms with E-state index in [0.717, 1.165) is 37.1 Å². The highest BCUT2D eigenvalue weighted by Gasteiger charge is 2.24. The van der Waals surface area contributed by atoms with Gasteiger partial charge in [0.2, 0.25) is 0 Å². The second kappa shape index (κ2) is 8.92. The van der Waals surface area contributed by atoms with E-state index < -0.39 is 25.9 Å². The van der Waals surface area contributed by atoms with Gasteiger partial charge >= 0.3 is 0 Å². The largest absolute Gasteiger partial charge is 0.383 e. The Morgan fingerprint density at radius 1 is 1.36 bits per heavy atom. The summed E-state index contributed by atoms with van der Waals surface area (Å²) in [6.07, 6.45) is 6.85. The van der Waals surface area contributed by atoms with Gasteiger partial charge in [0.25, 0.3) is 10.0 Å². The van der Waals surface area contributed by atoms with Crippen LogP contribution in [0.2, 0.25) is 5.02 Å². The molecule has 1 fully saturated rings. The van der Waals surface area contributed by atoms with Crippen LogP contribution in [-0.4, -0.2) is 19.9 Å². The number of hydrogen-bond acceptors (Lipinski definition) is 5. The van der Waals surface area contributed by atoms with Crippen LogP contribution in [0.5, 0.6) is 0 Å². The van der Waals surface area contributed by atoms with Crippen LogP contribution in [0.25, 0.3) is 0 Å². The van der Waals surface area contributed by atoms with E-state index >= 15 is 0 Å². The summed E-state index contributed by atoms with van der Waals surface area (Å²) in [6, 6.07) is 2.13. The number of thiazole rings is 1. The molecule has 2 N–H and O–H groups in total. The molecule has 2 aromatic rings. The van der Waals surface area contributed by atoms with Crippen LogP contribution in [0, 0.1) is 22.8 Å². The summed E-state index contributed by atoms with van der Waals surface area (Å²) < 4.78 is 54.3. The fourth-order valence-electron chi connectivity index (χ4n) is 3.19. The molecule has 0 saturated heterocycles. The molecule has 0 spiro atoms. The predicted molar refractivity (Wildman–Crippen MR) is 109 cm³/mol. The molecular formula is C18H22ClF2N3O2S2. The van der Waals surface area contributed by atoms with Crippen molar-refractivity contribution in [2.24, 2.45) is 11.8 Å². The molecular weight excluding hydrogens is 428 g/mol. The van der Waals surface area contributed by atoms with E-state index in [1.165, 1.54) is 19.3 Å². The van der Waals surface area contributed by atoms with Crippen molar-refractivity contribution in [2.75, 3.05) is 16.6 Å². The number of sulfonamides is 1. The van der Waals surface area contributed by atoms with E-state index in [-0.39, 0.29) is 10.2 Å². The van der Waals surface area contributed by atoms with E-state index in [4.69, 9.17) is 11.6 Å². The number of hydrogen-bond donors (Lipinski definition) is 2. The molecule has 3 rings (SSSR count). The van der Waals surface area contributed by atoms with E-state index in [9.17, 15) is 17.2 Å². The third-order valence-corrected chi connectivity index (χ3v) is 7.56. The highest BCUT2D eigenvalue weighted by atomic mass is 35.5. The van der Waals surface area contributed by atoms with Crippen molar-refractivity contribution in [2.45, 2.75) is 43.9 Å². The van der Waals surface area contributed by atoms with Crippen LogP contribution in [0.4, 0.5) is 19.6 Å². The molecule has 0 bridgehead atoms. The van der Waals surface area contributed by atoms with Gasteiger partial charge < -0.3 is 5.32 Å². The Balaban J connectivity index is 1.70. The number of aromatic nitrogens is 1. The highest BCUT2D eigenvalue weighted by Crippen LogP contribution is 2.34. The van der Waals surface area contributed by atoms with Crippen LogP contribution in [0.15, 0.2) is 23.2 Å². The van der Waals surface area contributed by atoms with Crippen molar-refractivity contribution in [1.29, 1.82) is 0 Å². The van der Waals surface area contributed by atoms with Crippen molar-refractivity contribution in [3.63, 3.8) is 0 Å². The monoisotopic (exact) mass is 449 g/mol. The molecule has 1 atom stereocenters. The molecule has 1 saturated carbocycles. The summed E-state index contributed by atoms with van der Waals surface area (Å²) in [7, 11) is -4.27. The normalized spacial score (nSPS) is 15.9. The Bertz CT molecular complexity index is 933. The van der Waals surface area contributed by atoms with E-state index in [0.29, 0.717) is 29.5 Å².